The lowest BCUT2D eigenvalue weighted by Gasteiger charge is -2.28. The molecule has 0 spiro atoms. The fourth-order valence-electron chi connectivity index (χ4n) is 0.612. The molecule has 0 N–H and O–H groups in total. The van der Waals surface area contributed by atoms with Gasteiger partial charge in [-0.1, -0.05) is 27.7 Å². The Labute approximate surface area is 46.9 Å². The van der Waals surface area contributed by atoms with E-state index in [1.54, 1.807) is 0 Å². The van der Waals surface area contributed by atoms with E-state index in [2.05, 4.69) is 34.1 Å². The van der Waals surface area contributed by atoms with E-state index in [0.717, 1.165) is 0 Å². The van der Waals surface area contributed by atoms with E-state index < -0.39 is 0 Å². The lowest BCUT2D eigenvalue weighted by molar-refractivity contribution is 0.479. The predicted octanol–water partition coefficient (Wildman–Crippen LogP) is 2.65. The Morgan fingerprint density at radius 3 is 1.71 bits per heavy atom. The fourth-order valence-corrected chi connectivity index (χ4v) is 0.612. The van der Waals surface area contributed by atoms with Crippen molar-refractivity contribution < 1.29 is 0 Å². The molecule has 0 fully saturated rings. The van der Waals surface area contributed by atoms with Crippen LogP contribution in [-0.2, 0) is 0 Å². The molecule has 0 heterocycles. The second-order valence-electron chi connectivity index (χ2n) is 2.98. The molecule has 0 aromatic carbocycles. The van der Waals surface area contributed by atoms with Crippen LogP contribution >= 0.6 is 0 Å². The van der Waals surface area contributed by atoms with Gasteiger partial charge < -0.3 is 6.42 Å². The minimum Gasteiger partial charge on any atom is -0.323 e. The molecule has 44 valence electrons. The second kappa shape index (κ2) is 2.34. The maximum Gasteiger partial charge on any atom is -0.0876 e. The van der Waals surface area contributed by atoms with Crippen LogP contribution in [0.25, 0.3) is 0 Å². The summed E-state index contributed by atoms with van der Waals surface area (Å²) in [6, 6.07) is 0. The van der Waals surface area contributed by atoms with Gasteiger partial charge in [0, 0.05) is 0 Å². The fraction of sp³-hybridized carbons (Fsp3) is 0.857. The predicted molar refractivity (Wildman–Crippen MR) is 34.0 cm³/mol. The van der Waals surface area contributed by atoms with Crippen molar-refractivity contribution in [1.82, 2.24) is 0 Å². The standard InChI is InChI=1S/C7H15/c1-5-6-7(2,3)4/h6H,5H2,1-4H3/q-1. The highest BCUT2D eigenvalue weighted by Gasteiger charge is 1.93. The summed E-state index contributed by atoms with van der Waals surface area (Å²) in [4.78, 5) is 0. The summed E-state index contributed by atoms with van der Waals surface area (Å²) < 4.78 is 0. The zero-order chi connectivity index (χ0) is 5.91. The summed E-state index contributed by atoms with van der Waals surface area (Å²) in [6.07, 6.45) is 3.50. The highest BCUT2D eigenvalue weighted by atomic mass is 14.1. The Hall–Kier alpha value is 0. The maximum absolute atomic E-state index is 2.31. The van der Waals surface area contributed by atoms with Crippen LogP contribution in [0.5, 0.6) is 0 Å². The van der Waals surface area contributed by atoms with Gasteiger partial charge in [0.15, 0.2) is 0 Å². The number of rotatable bonds is 1. The van der Waals surface area contributed by atoms with Crippen molar-refractivity contribution in [1.29, 1.82) is 0 Å². The molecule has 0 nitrogen and oxygen atoms in total. The molecule has 0 saturated heterocycles. The lowest BCUT2D eigenvalue weighted by atomic mass is 9.91. The SMILES string of the molecule is CC[CH-]C(C)(C)C. The Balaban J connectivity index is 3.15. The van der Waals surface area contributed by atoms with Gasteiger partial charge in [0.1, 0.15) is 0 Å². The van der Waals surface area contributed by atoms with E-state index in [0.29, 0.717) is 5.41 Å². The van der Waals surface area contributed by atoms with Gasteiger partial charge in [-0.15, -0.1) is 0 Å². The monoisotopic (exact) mass is 99.1 g/mol. The lowest BCUT2D eigenvalue weighted by Crippen LogP contribution is -2.03. The van der Waals surface area contributed by atoms with E-state index in [1.807, 2.05) is 0 Å². The van der Waals surface area contributed by atoms with Crippen molar-refractivity contribution in [3.05, 3.63) is 6.42 Å². The van der Waals surface area contributed by atoms with Crippen molar-refractivity contribution >= 4 is 0 Å². The molecule has 0 radical (unpaired) electrons. The Morgan fingerprint density at radius 1 is 1.29 bits per heavy atom. The first kappa shape index (κ1) is 7.00. The molecule has 0 aliphatic rings. The van der Waals surface area contributed by atoms with Gasteiger partial charge in [0.05, 0.1) is 0 Å². The summed E-state index contributed by atoms with van der Waals surface area (Å²) in [7, 11) is 0. The molecule has 0 rings (SSSR count). The maximum atomic E-state index is 2.31. The highest BCUT2D eigenvalue weighted by Crippen LogP contribution is 2.18. The zero-order valence-corrected chi connectivity index (χ0v) is 5.78. The second-order valence-corrected chi connectivity index (χ2v) is 2.98. The third kappa shape index (κ3) is 6.00. The number of hydrogen-bond donors (Lipinski definition) is 0. The molecule has 0 amide bonds. The third-order valence-corrected chi connectivity index (χ3v) is 0.816. The van der Waals surface area contributed by atoms with E-state index in [-0.39, 0.29) is 0 Å². The summed E-state index contributed by atoms with van der Waals surface area (Å²) >= 11 is 0. The molecule has 0 aromatic heterocycles. The van der Waals surface area contributed by atoms with Crippen molar-refractivity contribution in [2.75, 3.05) is 0 Å². The van der Waals surface area contributed by atoms with Crippen LogP contribution in [0.3, 0.4) is 0 Å². The number of hydrogen-bond acceptors (Lipinski definition) is 0. The molecule has 0 aromatic rings. The molecule has 0 aliphatic heterocycles. The molecule has 0 heteroatoms. The average Bonchev–Trinajstić information content (AvgIpc) is 1.30. The van der Waals surface area contributed by atoms with E-state index in [9.17, 15) is 0 Å². The van der Waals surface area contributed by atoms with E-state index in [1.165, 1.54) is 6.42 Å². The third-order valence-electron chi connectivity index (χ3n) is 0.816. The van der Waals surface area contributed by atoms with E-state index in [4.69, 9.17) is 0 Å². The minimum atomic E-state index is 0.425. The summed E-state index contributed by atoms with van der Waals surface area (Å²) in [6.45, 7) is 8.83. The van der Waals surface area contributed by atoms with Crippen LogP contribution in [0.15, 0.2) is 0 Å². The first-order valence-electron chi connectivity index (χ1n) is 2.90. The Kier molecular flexibility index (Phi) is 2.34. The van der Waals surface area contributed by atoms with Crippen molar-refractivity contribution in [3.8, 4) is 0 Å². The van der Waals surface area contributed by atoms with Gasteiger partial charge in [0.25, 0.3) is 0 Å². The molecule has 0 bridgehead atoms. The Bertz CT molecular complexity index is 38.5. The normalized spacial score (nSPS) is 12.0. The molecule has 0 saturated carbocycles. The largest absolute Gasteiger partial charge is 0.323 e. The van der Waals surface area contributed by atoms with Crippen molar-refractivity contribution in [2.24, 2.45) is 5.41 Å². The summed E-state index contributed by atoms with van der Waals surface area (Å²) in [5.74, 6) is 0. The van der Waals surface area contributed by atoms with Gasteiger partial charge in [0.2, 0.25) is 0 Å². The molecule has 0 atom stereocenters. The Morgan fingerprint density at radius 2 is 1.71 bits per heavy atom. The van der Waals surface area contributed by atoms with Crippen LogP contribution in [0.4, 0.5) is 0 Å². The molecule has 0 aliphatic carbocycles. The van der Waals surface area contributed by atoms with Crippen molar-refractivity contribution in [2.45, 2.75) is 34.1 Å². The molecule has 0 unspecified atom stereocenters. The van der Waals surface area contributed by atoms with Crippen LogP contribution in [0.2, 0.25) is 0 Å². The topological polar surface area (TPSA) is 0 Å². The zero-order valence-electron chi connectivity index (χ0n) is 5.78. The molecular formula is C7H15-. The molecular weight excluding hydrogens is 84.1 g/mol. The van der Waals surface area contributed by atoms with Crippen LogP contribution < -0.4 is 0 Å². The smallest absolute Gasteiger partial charge is 0.0876 e. The van der Waals surface area contributed by atoms with Gasteiger partial charge >= 0.3 is 0 Å². The van der Waals surface area contributed by atoms with Gasteiger partial charge in [-0.2, -0.15) is 11.8 Å². The summed E-state index contributed by atoms with van der Waals surface area (Å²) in [5.41, 5.74) is 0.425. The van der Waals surface area contributed by atoms with Crippen LogP contribution in [0.1, 0.15) is 34.1 Å². The first-order valence-corrected chi connectivity index (χ1v) is 2.90. The first-order chi connectivity index (χ1) is 3.06. The van der Waals surface area contributed by atoms with Gasteiger partial charge in [-0.25, -0.2) is 0 Å². The van der Waals surface area contributed by atoms with Gasteiger partial charge in [-0.3, -0.25) is 0 Å². The average molecular weight is 99.2 g/mol. The summed E-state index contributed by atoms with van der Waals surface area (Å²) in [5, 5.41) is 0. The van der Waals surface area contributed by atoms with Crippen LogP contribution in [-0.4, -0.2) is 0 Å². The van der Waals surface area contributed by atoms with Crippen LogP contribution in [0, 0.1) is 11.8 Å². The quantitative estimate of drug-likeness (QED) is 0.443. The molecule has 7 heavy (non-hydrogen) atoms. The minimum absolute atomic E-state index is 0.425. The van der Waals surface area contributed by atoms with E-state index >= 15 is 0 Å². The van der Waals surface area contributed by atoms with Gasteiger partial charge in [-0.05, 0) is 0 Å². The van der Waals surface area contributed by atoms with Crippen molar-refractivity contribution in [3.63, 3.8) is 0 Å². The highest BCUT2D eigenvalue weighted by molar-refractivity contribution is 4.78.